The number of aryl methyl sites for hydroxylation is 1. The van der Waals surface area contributed by atoms with E-state index in [0.717, 1.165) is 31.5 Å². The molecule has 5 heterocycles. The molecule has 0 saturated carbocycles. The highest BCUT2D eigenvalue weighted by atomic mass is 16.5. The molecule has 0 aliphatic carbocycles. The summed E-state index contributed by atoms with van der Waals surface area (Å²) in [5.74, 6) is 0.362. The van der Waals surface area contributed by atoms with Crippen LogP contribution in [-0.2, 0) is 26.8 Å². The van der Waals surface area contributed by atoms with Gasteiger partial charge in [0.15, 0.2) is 12.3 Å². The topological polar surface area (TPSA) is 32.5 Å². The number of anilines is 1. The third kappa shape index (κ3) is 3.46. The van der Waals surface area contributed by atoms with Crippen LogP contribution in [0.25, 0.3) is 0 Å². The second kappa shape index (κ2) is 8.27. The quantitative estimate of drug-likeness (QED) is 0.422. The van der Waals surface area contributed by atoms with Crippen molar-refractivity contribution < 1.29 is 14.1 Å². The zero-order valence-electron chi connectivity index (χ0n) is 24.5. The van der Waals surface area contributed by atoms with Gasteiger partial charge in [-0.3, -0.25) is 4.79 Å². The van der Waals surface area contributed by atoms with E-state index in [1.165, 1.54) is 50.6 Å². The third-order valence-corrected chi connectivity index (χ3v) is 10.00. The molecule has 2 aromatic carbocycles. The highest BCUT2D eigenvalue weighted by Gasteiger charge is 2.54. The molecule has 0 fully saturated rings. The lowest BCUT2D eigenvalue weighted by atomic mass is 9.73. The number of hydrogen-bond donors (Lipinski definition) is 0. The Hall–Kier alpha value is -2.98. The van der Waals surface area contributed by atoms with Crippen LogP contribution in [-0.4, -0.2) is 41.4 Å². The number of fused-ring (bicyclic) bond motifs is 8. The van der Waals surface area contributed by atoms with Gasteiger partial charge in [0.25, 0.3) is 0 Å². The molecule has 0 spiro atoms. The van der Waals surface area contributed by atoms with Gasteiger partial charge < -0.3 is 9.64 Å². The molecule has 39 heavy (non-hydrogen) atoms. The molecule has 2 atom stereocenters. The molecule has 2 aromatic rings. The molecule has 0 N–H and O–H groups in total. The fraction of sp³-hybridized carbons (Fsp3) is 0.486. The van der Waals surface area contributed by atoms with Crippen molar-refractivity contribution in [3.8, 4) is 0 Å². The summed E-state index contributed by atoms with van der Waals surface area (Å²) in [6, 6.07) is 13.7. The SMILES string of the molecule is Cc1ccc2c(c1)C(C)(C)C1=C3C=C4C5=[N+](CCC4OC3CCN12)c1ccc(CC(=O)C(C)C)cc1C5(C)C. The van der Waals surface area contributed by atoms with Gasteiger partial charge in [-0.15, -0.1) is 0 Å². The average Bonchev–Trinajstić information content (AvgIpc) is 3.26. The molecule has 0 bridgehead atoms. The number of ether oxygens (including phenoxy) is 1. The fourth-order valence-electron chi connectivity index (χ4n) is 7.97. The second-order valence-electron chi connectivity index (χ2n) is 13.7. The Morgan fingerprint density at radius 2 is 1.82 bits per heavy atom. The minimum Gasteiger partial charge on any atom is -0.365 e. The molecular weight excluding hydrogens is 480 g/mol. The average molecular weight is 522 g/mol. The van der Waals surface area contributed by atoms with Crippen LogP contribution in [0.5, 0.6) is 0 Å². The molecule has 4 nitrogen and oxygen atoms in total. The van der Waals surface area contributed by atoms with E-state index in [0.29, 0.717) is 12.2 Å². The first-order chi connectivity index (χ1) is 18.5. The van der Waals surface area contributed by atoms with Crippen LogP contribution in [0.2, 0.25) is 0 Å². The Morgan fingerprint density at radius 1 is 1.03 bits per heavy atom. The van der Waals surface area contributed by atoms with Gasteiger partial charge in [0, 0.05) is 64.9 Å². The van der Waals surface area contributed by atoms with Crippen LogP contribution < -0.4 is 4.90 Å². The van der Waals surface area contributed by atoms with Crippen molar-refractivity contribution in [2.24, 2.45) is 5.92 Å². The van der Waals surface area contributed by atoms with E-state index in [2.05, 4.69) is 86.6 Å². The van der Waals surface area contributed by atoms with Crippen molar-refractivity contribution in [1.82, 2.24) is 0 Å². The predicted molar refractivity (Wildman–Crippen MR) is 157 cm³/mol. The minimum absolute atomic E-state index is 0.0599. The van der Waals surface area contributed by atoms with Crippen LogP contribution in [0.4, 0.5) is 11.4 Å². The summed E-state index contributed by atoms with van der Waals surface area (Å²) in [6.07, 6.45) is 5.37. The summed E-state index contributed by atoms with van der Waals surface area (Å²) < 4.78 is 9.52. The molecule has 0 saturated heterocycles. The Kier molecular flexibility index (Phi) is 5.30. The molecule has 202 valence electrons. The van der Waals surface area contributed by atoms with E-state index in [4.69, 9.17) is 4.74 Å². The van der Waals surface area contributed by atoms with Crippen molar-refractivity contribution in [2.45, 2.75) is 90.8 Å². The molecule has 5 aliphatic rings. The summed E-state index contributed by atoms with van der Waals surface area (Å²) in [5.41, 5.74) is 13.2. The van der Waals surface area contributed by atoms with Crippen LogP contribution in [0.1, 0.15) is 76.6 Å². The van der Waals surface area contributed by atoms with Gasteiger partial charge in [-0.25, -0.2) is 0 Å². The minimum atomic E-state index is -0.155. The molecule has 5 aliphatic heterocycles. The number of rotatable bonds is 3. The lowest BCUT2D eigenvalue weighted by molar-refractivity contribution is -0.445. The van der Waals surface area contributed by atoms with E-state index >= 15 is 0 Å². The van der Waals surface area contributed by atoms with Crippen molar-refractivity contribution in [3.63, 3.8) is 0 Å². The lowest BCUT2D eigenvalue weighted by Crippen LogP contribution is -2.47. The summed E-state index contributed by atoms with van der Waals surface area (Å²) in [4.78, 5) is 15.1. The number of carbonyl (C=O) groups excluding carboxylic acids is 1. The maximum atomic E-state index is 12.5. The normalized spacial score (nSPS) is 25.5. The maximum Gasteiger partial charge on any atom is 0.209 e. The molecule has 4 heteroatoms. The highest BCUT2D eigenvalue weighted by molar-refractivity contribution is 6.08. The highest BCUT2D eigenvalue weighted by Crippen LogP contribution is 2.54. The van der Waals surface area contributed by atoms with Gasteiger partial charge in [-0.05, 0) is 56.5 Å². The summed E-state index contributed by atoms with van der Waals surface area (Å²) in [5, 5.41) is 0. The van der Waals surface area contributed by atoms with E-state index in [1.807, 2.05) is 13.8 Å². The number of nitrogens with zero attached hydrogens (tertiary/aromatic N) is 2. The van der Waals surface area contributed by atoms with Crippen molar-refractivity contribution in [3.05, 3.63) is 81.6 Å². The van der Waals surface area contributed by atoms with Crippen LogP contribution in [0.3, 0.4) is 0 Å². The van der Waals surface area contributed by atoms with Crippen LogP contribution in [0.15, 0.2) is 59.3 Å². The van der Waals surface area contributed by atoms with Gasteiger partial charge in [0.05, 0.1) is 17.6 Å². The standard InChI is InChI=1S/C35H41N2O2/c1-20(2)29(38)18-22-9-11-28-26(17-22)35(6,7)33-24-19-23-30(39-31(24)13-15-37(28)33)12-14-36-27-10-8-21(3)16-25(27)34(4,5)32(23)36/h8-11,16-17,19-20,30-31H,12-15,18H2,1-7H3/q+1. The van der Waals surface area contributed by atoms with Gasteiger partial charge >= 0.3 is 0 Å². The summed E-state index contributed by atoms with van der Waals surface area (Å²) in [7, 11) is 0. The van der Waals surface area contributed by atoms with Gasteiger partial charge in [-0.2, -0.15) is 4.58 Å². The van der Waals surface area contributed by atoms with Crippen LogP contribution >= 0.6 is 0 Å². The van der Waals surface area contributed by atoms with E-state index in [-0.39, 0.29) is 29.0 Å². The van der Waals surface area contributed by atoms with Gasteiger partial charge in [0.1, 0.15) is 5.78 Å². The molecule has 0 amide bonds. The smallest absolute Gasteiger partial charge is 0.209 e. The van der Waals surface area contributed by atoms with Crippen molar-refractivity contribution in [2.75, 3.05) is 18.0 Å². The lowest BCUT2D eigenvalue weighted by Gasteiger charge is -2.42. The van der Waals surface area contributed by atoms with Gasteiger partial charge in [-0.1, -0.05) is 51.5 Å². The Balaban J connectivity index is 1.35. The number of hydrogen-bond acceptors (Lipinski definition) is 3. The van der Waals surface area contributed by atoms with Crippen LogP contribution in [0, 0.1) is 12.8 Å². The largest absolute Gasteiger partial charge is 0.365 e. The molecular formula is C35H41N2O2+. The first-order valence-electron chi connectivity index (χ1n) is 14.8. The Bertz CT molecular complexity index is 1530. The third-order valence-electron chi connectivity index (χ3n) is 10.00. The second-order valence-corrected chi connectivity index (χ2v) is 13.7. The number of benzene rings is 2. The first kappa shape index (κ1) is 25.0. The first-order valence-corrected chi connectivity index (χ1v) is 14.8. The molecule has 0 aromatic heterocycles. The Morgan fingerprint density at radius 3 is 2.59 bits per heavy atom. The van der Waals surface area contributed by atoms with E-state index < -0.39 is 0 Å². The summed E-state index contributed by atoms with van der Waals surface area (Å²) in [6.45, 7) is 17.6. The zero-order valence-corrected chi connectivity index (χ0v) is 24.5. The number of allylic oxidation sites excluding steroid dienone is 1. The zero-order chi connectivity index (χ0) is 27.4. The predicted octanol–water partition coefficient (Wildman–Crippen LogP) is 6.69. The molecule has 0 radical (unpaired) electrons. The van der Waals surface area contributed by atoms with E-state index in [9.17, 15) is 4.79 Å². The molecule has 2 unspecified atom stereocenters. The van der Waals surface area contributed by atoms with Crippen molar-refractivity contribution in [1.29, 1.82) is 0 Å². The maximum absolute atomic E-state index is 12.5. The summed E-state index contributed by atoms with van der Waals surface area (Å²) >= 11 is 0. The number of ketones is 1. The monoisotopic (exact) mass is 521 g/mol. The van der Waals surface area contributed by atoms with E-state index in [1.54, 1.807) is 0 Å². The fourth-order valence-corrected chi connectivity index (χ4v) is 7.97. The molecule has 7 rings (SSSR count). The Labute approximate surface area is 233 Å². The van der Waals surface area contributed by atoms with Crippen molar-refractivity contribution >= 4 is 22.9 Å². The number of carbonyl (C=O) groups is 1. The van der Waals surface area contributed by atoms with Gasteiger partial charge in [0.2, 0.25) is 5.69 Å². The number of Topliss-reactive ketones (excluding diaryl/α,β-unsaturated/α-hetero) is 1.